The summed E-state index contributed by atoms with van der Waals surface area (Å²) in [6.45, 7) is 8.98. The average molecular weight is 469 g/mol. The van der Waals surface area contributed by atoms with Crippen LogP contribution in [0.2, 0.25) is 0 Å². The minimum absolute atomic E-state index is 0.337. The predicted octanol–water partition coefficient (Wildman–Crippen LogP) is 5.03. The van der Waals surface area contributed by atoms with Crippen molar-refractivity contribution >= 4 is 21.5 Å². The van der Waals surface area contributed by atoms with Crippen molar-refractivity contribution in [2.24, 2.45) is 0 Å². The normalized spacial score (nSPS) is 17.8. The fraction of sp³-hybridized carbons (Fsp3) is 0.333. The predicted molar refractivity (Wildman–Crippen MR) is 141 cm³/mol. The van der Waals surface area contributed by atoms with Gasteiger partial charge in [0.15, 0.2) is 0 Å². The Balaban J connectivity index is 1.36. The molecule has 5 nitrogen and oxygen atoms in total. The lowest BCUT2D eigenvalue weighted by Gasteiger charge is -2.27. The molecule has 0 bridgehead atoms. The first-order valence-electron chi connectivity index (χ1n) is 12.6. The molecule has 0 atom stereocenters. The van der Waals surface area contributed by atoms with E-state index in [0.29, 0.717) is 5.75 Å². The van der Waals surface area contributed by atoms with Gasteiger partial charge in [-0.2, -0.15) is 0 Å². The largest absolute Gasteiger partial charge is 0.507 e. The number of morpholine rings is 2. The van der Waals surface area contributed by atoms with Crippen molar-refractivity contribution in [1.82, 2.24) is 9.80 Å². The van der Waals surface area contributed by atoms with Gasteiger partial charge in [0.25, 0.3) is 0 Å². The maximum absolute atomic E-state index is 10.8. The third-order valence-electron chi connectivity index (χ3n) is 7.33. The summed E-state index contributed by atoms with van der Waals surface area (Å²) >= 11 is 0. The molecule has 180 valence electrons. The first kappa shape index (κ1) is 22.5. The summed E-state index contributed by atoms with van der Waals surface area (Å²) in [6, 6.07) is 23.7. The Kier molecular flexibility index (Phi) is 6.40. The second-order valence-corrected chi connectivity index (χ2v) is 9.65. The lowest BCUT2D eigenvalue weighted by Crippen LogP contribution is -2.35. The number of rotatable bonds is 5. The van der Waals surface area contributed by atoms with Crippen molar-refractivity contribution in [2.45, 2.75) is 13.1 Å². The molecular formula is C30H32N2O3. The highest BCUT2D eigenvalue weighted by Gasteiger charge is 2.16. The third kappa shape index (κ3) is 4.78. The Morgan fingerprint density at radius 3 is 2.03 bits per heavy atom. The molecule has 0 aliphatic carbocycles. The van der Waals surface area contributed by atoms with E-state index in [-0.39, 0.29) is 0 Å². The molecule has 1 N–H and O–H groups in total. The SMILES string of the molecule is Oc1cccc2cc(CN3CCOCC3)c3ccc(-c4ccc(CN5CCOCC5)cc4)cc3c12. The van der Waals surface area contributed by atoms with Gasteiger partial charge in [0, 0.05) is 44.7 Å². The van der Waals surface area contributed by atoms with Gasteiger partial charge >= 0.3 is 0 Å². The number of ether oxygens (including phenoxy) is 2. The summed E-state index contributed by atoms with van der Waals surface area (Å²) in [5.41, 5.74) is 4.99. The fourth-order valence-corrected chi connectivity index (χ4v) is 5.40. The molecule has 35 heavy (non-hydrogen) atoms. The summed E-state index contributed by atoms with van der Waals surface area (Å²) in [5.74, 6) is 0.337. The first-order valence-corrected chi connectivity index (χ1v) is 12.6. The average Bonchev–Trinajstić information content (AvgIpc) is 2.90. The number of phenolic OH excluding ortho intramolecular Hbond substituents is 1. The van der Waals surface area contributed by atoms with Gasteiger partial charge in [0.05, 0.1) is 26.4 Å². The second-order valence-electron chi connectivity index (χ2n) is 9.65. The van der Waals surface area contributed by atoms with Crippen molar-refractivity contribution in [3.63, 3.8) is 0 Å². The van der Waals surface area contributed by atoms with E-state index in [1.165, 1.54) is 27.6 Å². The molecule has 0 aromatic heterocycles. The van der Waals surface area contributed by atoms with Crippen molar-refractivity contribution < 1.29 is 14.6 Å². The molecule has 0 unspecified atom stereocenters. The van der Waals surface area contributed by atoms with E-state index in [1.807, 2.05) is 6.07 Å². The van der Waals surface area contributed by atoms with Crippen molar-refractivity contribution in [3.05, 3.63) is 77.9 Å². The molecule has 2 aliphatic rings. The Labute approximate surface area is 206 Å². The number of phenols is 1. The van der Waals surface area contributed by atoms with E-state index in [1.54, 1.807) is 6.07 Å². The van der Waals surface area contributed by atoms with Gasteiger partial charge in [-0.3, -0.25) is 9.80 Å². The molecule has 2 saturated heterocycles. The zero-order valence-corrected chi connectivity index (χ0v) is 20.1. The van der Waals surface area contributed by atoms with Crippen LogP contribution in [0, 0.1) is 0 Å². The van der Waals surface area contributed by atoms with Gasteiger partial charge in [0.1, 0.15) is 5.75 Å². The molecule has 0 radical (unpaired) electrons. The van der Waals surface area contributed by atoms with Crippen LogP contribution in [0.3, 0.4) is 0 Å². The van der Waals surface area contributed by atoms with E-state index >= 15 is 0 Å². The van der Waals surface area contributed by atoms with E-state index in [9.17, 15) is 5.11 Å². The third-order valence-corrected chi connectivity index (χ3v) is 7.33. The Hall–Kier alpha value is -2.96. The molecule has 0 saturated carbocycles. The van der Waals surface area contributed by atoms with Crippen LogP contribution >= 0.6 is 0 Å². The molecule has 2 fully saturated rings. The smallest absolute Gasteiger partial charge is 0.124 e. The van der Waals surface area contributed by atoms with E-state index in [0.717, 1.165) is 81.9 Å². The van der Waals surface area contributed by atoms with Crippen LogP contribution in [-0.2, 0) is 22.6 Å². The second kappa shape index (κ2) is 9.96. The monoisotopic (exact) mass is 468 g/mol. The van der Waals surface area contributed by atoms with Gasteiger partial charge in [0.2, 0.25) is 0 Å². The Morgan fingerprint density at radius 1 is 0.657 bits per heavy atom. The first-order chi connectivity index (χ1) is 17.2. The molecule has 2 aliphatic heterocycles. The van der Waals surface area contributed by atoms with Gasteiger partial charge < -0.3 is 14.6 Å². The molecule has 5 heteroatoms. The summed E-state index contributed by atoms with van der Waals surface area (Å²) in [7, 11) is 0. The van der Waals surface area contributed by atoms with E-state index in [2.05, 4.69) is 64.4 Å². The highest BCUT2D eigenvalue weighted by atomic mass is 16.5. The van der Waals surface area contributed by atoms with Crippen molar-refractivity contribution in [2.75, 3.05) is 52.6 Å². The summed E-state index contributed by atoms with van der Waals surface area (Å²) < 4.78 is 11.0. The highest BCUT2D eigenvalue weighted by Crippen LogP contribution is 2.37. The van der Waals surface area contributed by atoms with Gasteiger partial charge in [-0.25, -0.2) is 0 Å². The van der Waals surface area contributed by atoms with Crippen molar-refractivity contribution in [1.29, 1.82) is 0 Å². The number of hydrogen-bond acceptors (Lipinski definition) is 5. The van der Waals surface area contributed by atoms with Crippen LogP contribution < -0.4 is 0 Å². The van der Waals surface area contributed by atoms with E-state index in [4.69, 9.17) is 9.47 Å². The number of nitrogens with zero attached hydrogens (tertiary/aromatic N) is 2. The number of fused-ring (bicyclic) bond motifs is 3. The lowest BCUT2D eigenvalue weighted by molar-refractivity contribution is 0.0342. The number of benzene rings is 4. The van der Waals surface area contributed by atoms with Crippen LogP contribution in [-0.4, -0.2) is 67.5 Å². The zero-order chi connectivity index (χ0) is 23.6. The molecule has 0 spiro atoms. The summed E-state index contributed by atoms with van der Waals surface area (Å²) in [5, 5.41) is 15.1. The topological polar surface area (TPSA) is 45.2 Å². The maximum atomic E-state index is 10.8. The zero-order valence-electron chi connectivity index (χ0n) is 20.1. The van der Waals surface area contributed by atoms with Crippen LogP contribution in [0.15, 0.2) is 66.7 Å². The summed E-state index contributed by atoms with van der Waals surface area (Å²) in [4.78, 5) is 4.90. The van der Waals surface area contributed by atoms with Crippen LogP contribution in [0.4, 0.5) is 0 Å². The Morgan fingerprint density at radius 2 is 1.31 bits per heavy atom. The molecule has 4 aromatic carbocycles. The van der Waals surface area contributed by atoms with Gasteiger partial charge in [-0.1, -0.05) is 48.5 Å². The quantitative estimate of drug-likeness (QED) is 0.416. The fourth-order valence-electron chi connectivity index (χ4n) is 5.40. The van der Waals surface area contributed by atoms with E-state index < -0.39 is 0 Å². The number of aromatic hydroxyl groups is 1. The lowest BCUT2D eigenvalue weighted by atomic mass is 9.93. The van der Waals surface area contributed by atoms with Crippen molar-refractivity contribution in [3.8, 4) is 16.9 Å². The minimum atomic E-state index is 0.337. The molecular weight excluding hydrogens is 436 g/mol. The van der Waals surface area contributed by atoms with Crippen LogP contribution in [0.25, 0.3) is 32.7 Å². The molecule has 4 aromatic rings. The number of hydrogen-bond donors (Lipinski definition) is 1. The van der Waals surface area contributed by atoms with Gasteiger partial charge in [-0.05, 0) is 56.6 Å². The standard InChI is InChI=1S/C30H32N2O3/c33-29-3-1-2-25-18-26(21-32-12-16-35-17-13-32)27-9-8-24(19-28(27)30(25)29)23-6-4-22(5-7-23)20-31-10-14-34-15-11-31/h1-9,18-19,33H,10-17,20-21H2. The van der Waals surface area contributed by atoms with Crippen LogP contribution in [0.1, 0.15) is 11.1 Å². The maximum Gasteiger partial charge on any atom is 0.124 e. The molecule has 6 rings (SSSR count). The minimum Gasteiger partial charge on any atom is -0.507 e. The summed E-state index contributed by atoms with van der Waals surface area (Å²) in [6.07, 6.45) is 0. The highest BCUT2D eigenvalue weighted by molar-refractivity contribution is 6.12. The molecule has 2 heterocycles. The Bertz CT molecular complexity index is 1320. The van der Waals surface area contributed by atoms with Crippen LogP contribution in [0.5, 0.6) is 5.75 Å². The van der Waals surface area contributed by atoms with Gasteiger partial charge in [-0.15, -0.1) is 0 Å². The molecule has 0 amide bonds.